The number of benzene rings is 1. The van der Waals surface area contributed by atoms with Crippen molar-refractivity contribution in [3.8, 4) is 5.75 Å². The lowest BCUT2D eigenvalue weighted by atomic mass is 10.2. The van der Waals surface area contributed by atoms with Crippen LogP contribution in [-0.2, 0) is 14.4 Å². The molecule has 1 aliphatic rings. The third-order valence-corrected chi connectivity index (χ3v) is 4.10. The van der Waals surface area contributed by atoms with Crippen LogP contribution in [0.3, 0.4) is 0 Å². The molecule has 1 atom stereocenters. The fourth-order valence-electron chi connectivity index (χ4n) is 2.08. The van der Waals surface area contributed by atoms with E-state index in [1.54, 1.807) is 24.3 Å². The van der Waals surface area contributed by atoms with E-state index in [2.05, 4.69) is 0 Å². The van der Waals surface area contributed by atoms with Gasteiger partial charge in [0, 0.05) is 6.42 Å². The summed E-state index contributed by atoms with van der Waals surface area (Å²) in [5.41, 5.74) is 0.410. The molecule has 0 saturated carbocycles. The lowest BCUT2D eigenvalue weighted by molar-refractivity contribution is -0.134. The Hall–Kier alpha value is -2.02. The summed E-state index contributed by atoms with van der Waals surface area (Å²) in [5, 5.41) is 8.02. The molecule has 0 radical (unpaired) electrons. The number of nitrogens with zero attached hydrogens (tertiary/aromatic N) is 1. The number of hydrogen-bond acceptors (Lipinski definition) is 5. The maximum atomic E-state index is 12.3. The van der Waals surface area contributed by atoms with E-state index in [9.17, 15) is 14.4 Å². The molecule has 21 heavy (non-hydrogen) atoms. The molecule has 1 aromatic carbocycles. The number of amides is 2. The number of imide groups is 1. The molecule has 1 heterocycles. The number of carbonyl (C=O) groups is 3. The van der Waals surface area contributed by atoms with Crippen LogP contribution < -0.4 is 9.64 Å². The number of anilines is 1. The number of hydrogen-bond donors (Lipinski definition) is 1. The van der Waals surface area contributed by atoms with Crippen molar-refractivity contribution in [2.45, 2.75) is 18.6 Å². The van der Waals surface area contributed by atoms with Gasteiger partial charge in [0.25, 0.3) is 0 Å². The maximum absolute atomic E-state index is 12.3. The SMILES string of the molecule is CCOc1ccccc1N1C(=O)CC(SCC(=O)O)C1=O. The first-order chi connectivity index (χ1) is 10.0. The van der Waals surface area contributed by atoms with Crippen LogP contribution >= 0.6 is 11.8 Å². The molecule has 112 valence electrons. The molecule has 0 aromatic heterocycles. The highest BCUT2D eigenvalue weighted by molar-refractivity contribution is 8.01. The van der Waals surface area contributed by atoms with Gasteiger partial charge in [-0.25, -0.2) is 4.90 Å². The second-order valence-electron chi connectivity index (χ2n) is 4.37. The summed E-state index contributed by atoms with van der Waals surface area (Å²) in [6, 6.07) is 6.81. The molecule has 1 N–H and O–H groups in total. The van der Waals surface area contributed by atoms with Crippen molar-refractivity contribution in [3.63, 3.8) is 0 Å². The molecule has 1 fully saturated rings. The average Bonchev–Trinajstić information content (AvgIpc) is 2.72. The van der Waals surface area contributed by atoms with Crippen LogP contribution in [0.4, 0.5) is 5.69 Å². The van der Waals surface area contributed by atoms with Crippen LogP contribution in [0.5, 0.6) is 5.75 Å². The van der Waals surface area contributed by atoms with Crippen molar-refractivity contribution < 1.29 is 24.2 Å². The molecule has 2 amide bonds. The molecule has 1 aromatic rings. The largest absolute Gasteiger partial charge is 0.492 e. The summed E-state index contributed by atoms with van der Waals surface area (Å²) in [7, 11) is 0. The molecule has 1 aliphatic heterocycles. The number of carbonyl (C=O) groups excluding carboxylic acids is 2. The summed E-state index contributed by atoms with van der Waals surface area (Å²) in [6.45, 7) is 2.24. The number of para-hydroxylation sites is 2. The lowest BCUT2D eigenvalue weighted by Gasteiger charge is -2.18. The van der Waals surface area contributed by atoms with E-state index in [1.165, 1.54) is 0 Å². The molecule has 1 saturated heterocycles. The number of aliphatic carboxylic acids is 1. The monoisotopic (exact) mass is 309 g/mol. The van der Waals surface area contributed by atoms with Crippen LogP contribution in [-0.4, -0.2) is 40.5 Å². The number of carboxylic acids is 1. The fraction of sp³-hybridized carbons (Fsp3) is 0.357. The molecular formula is C14H15NO5S. The fourth-order valence-corrected chi connectivity index (χ4v) is 2.93. The summed E-state index contributed by atoms with van der Waals surface area (Å²) < 4.78 is 5.43. The first-order valence-corrected chi connectivity index (χ1v) is 7.51. The Morgan fingerprint density at radius 3 is 2.81 bits per heavy atom. The van der Waals surface area contributed by atoms with Gasteiger partial charge in [0.05, 0.1) is 23.3 Å². The summed E-state index contributed by atoms with van der Waals surface area (Å²) in [5.74, 6) is -1.47. The topological polar surface area (TPSA) is 83.9 Å². The van der Waals surface area contributed by atoms with Gasteiger partial charge >= 0.3 is 5.97 Å². The highest BCUT2D eigenvalue weighted by Crippen LogP contribution is 2.35. The molecule has 7 heteroatoms. The Morgan fingerprint density at radius 2 is 2.14 bits per heavy atom. The van der Waals surface area contributed by atoms with Gasteiger partial charge < -0.3 is 9.84 Å². The molecule has 1 unspecified atom stereocenters. The van der Waals surface area contributed by atoms with E-state index in [-0.39, 0.29) is 18.1 Å². The van der Waals surface area contributed by atoms with Gasteiger partial charge in [-0.15, -0.1) is 11.8 Å². The van der Waals surface area contributed by atoms with E-state index in [4.69, 9.17) is 9.84 Å². The molecule has 0 bridgehead atoms. The minimum absolute atomic E-state index is 0.0112. The van der Waals surface area contributed by atoms with Gasteiger partial charge in [0.1, 0.15) is 5.75 Å². The zero-order valence-electron chi connectivity index (χ0n) is 11.4. The highest BCUT2D eigenvalue weighted by atomic mass is 32.2. The summed E-state index contributed by atoms with van der Waals surface area (Å²) in [4.78, 5) is 36.1. The first kappa shape index (κ1) is 15.4. The standard InChI is InChI=1S/C14H15NO5S/c1-2-20-10-6-4-3-5-9(10)15-12(16)7-11(14(15)19)21-8-13(17)18/h3-6,11H,2,7-8H2,1H3,(H,17,18). The van der Waals surface area contributed by atoms with Crippen molar-refractivity contribution >= 4 is 35.2 Å². The summed E-state index contributed by atoms with van der Waals surface area (Å²) in [6.07, 6.45) is 0.0112. The van der Waals surface area contributed by atoms with Gasteiger partial charge in [-0.05, 0) is 19.1 Å². The summed E-state index contributed by atoms with van der Waals surface area (Å²) >= 11 is 0.969. The Morgan fingerprint density at radius 1 is 1.43 bits per heavy atom. The number of rotatable bonds is 6. The Bertz CT molecular complexity index is 574. The zero-order valence-corrected chi connectivity index (χ0v) is 12.3. The third-order valence-electron chi connectivity index (χ3n) is 2.92. The average molecular weight is 309 g/mol. The van der Waals surface area contributed by atoms with Gasteiger partial charge in [0.15, 0.2) is 0 Å². The number of ether oxygens (including phenoxy) is 1. The van der Waals surface area contributed by atoms with Crippen LogP contribution in [0.15, 0.2) is 24.3 Å². The van der Waals surface area contributed by atoms with Gasteiger partial charge in [-0.3, -0.25) is 14.4 Å². The number of thioether (sulfide) groups is 1. The van der Waals surface area contributed by atoms with E-state index in [1.807, 2.05) is 6.92 Å². The molecule has 6 nitrogen and oxygen atoms in total. The highest BCUT2D eigenvalue weighted by Gasteiger charge is 2.41. The van der Waals surface area contributed by atoms with Crippen molar-refractivity contribution in [3.05, 3.63) is 24.3 Å². The predicted molar refractivity (Wildman–Crippen MR) is 78.6 cm³/mol. The van der Waals surface area contributed by atoms with E-state index >= 15 is 0 Å². The van der Waals surface area contributed by atoms with Crippen molar-refractivity contribution in [2.24, 2.45) is 0 Å². The quantitative estimate of drug-likeness (QED) is 0.802. The van der Waals surface area contributed by atoms with E-state index < -0.39 is 17.1 Å². The van der Waals surface area contributed by atoms with Gasteiger partial charge in [0.2, 0.25) is 11.8 Å². The van der Waals surface area contributed by atoms with Crippen LogP contribution in [0.2, 0.25) is 0 Å². The van der Waals surface area contributed by atoms with Crippen molar-refractivity contribution in [2.75, 3.05) is 17.3 Å². The zero-order chi connectivity index (χ0) is 15.4. The molecule has 2 rings (SSSR count). The second-order valence-corrected chi connectivity index (χ2v) is 5.56. The normalized spacial score (nSPS) is 18.1. The van der Waals surface area contributed by atoms with Crippen molar-refractivity contribution in [1.82, 2.24) is 0 Å². The smallest absolute Gasteiger partial charge is 0.313 e. The molecule has 0 spiro atoms. The third kappa shape index (κ3) is 3.36. The molecule has 0 aliphatic carbocycles. The Labute approximate surface area is 126 Å². The van der Waals surface area contributed by atoms with Gasteiger partial charge in [-0.2, -0.15) is 0 Å². The molecular weight excluding hydrogens is 294 g/mol. The second kappa shape index (κ2) is 6.62. The Balaban J connectivity index is 2.22. The lowest BCUT2D eigenvalue weighted by Crippen LogP contribution is -2.31. The predicted octanol–water partition coefficient (Wildman–Crippen LogP) is 1.53. The van der Waals surface area contributed by atoms with E-state index in [0.717, 1.165) is 16.7 Å². The van der Waals surface area contributed by atoms with Crippen molar-refractivity contribution in [1.29, 1.82) is 0 Å². The van der Waals surface area contributed by atoms with Crippen LogP contribution in [0.25, 0.3) is 0 Å². The maximum Gasteiger partial charge on any atom is 0.313 e. The first-order valence-electron chi connectivity index (χ1n) is 6.46. The Kier molecular flexibility index (Phi) is 4.85. The van der Waals surface area contributed by atoms with Gasteiger partial charge in [-0.1, -0.05) is 12.1 Å². The van der Waals surface area contributed by atoms with E-state index in [0.29, 0.717) is 18.0 Å². The van der Waals surface area contributed by atoms with Crippen LogP contribution in [0.1, 0.15) is 13.3 Å². The number of carboxylic acid groups (broad SMARTS) is 1. The minimum atomic E-state index is -1.01. The minimum Gasteiger partial charge on any atom is -0.492 e. The van der Waals surface area contributed by atoms with Crippen LogP contribution in [0, 0.1) is 0 Å².